The lowest BCUT2D eigenvalue weighted by Gasteiger charge is -2.26. The number of anilines is 3. The van der Waals surface area contributed by atoms with Gasteiger partial charge in [0.25, 0.3) is 5.91 Å². The van der Waals surface area contributed by atoms with Gasteiger partial charge in [-0.05, 0) is 48.5 Å². The molecule has 1 heterocycles. The Hall–Kier alpha value is -2.23. The Labute approximate surface area is 222 Å². The number of urea groups is 1. The molecule has 0 bridgehead atoms. The molecule has 35 heavy (non-hydrogen) atoms. The maximum absolute atomic E-state index is 12.4. The average Bonchev–Trinajstić information content (AvgIpc) is 2.85. The quantitative estimate of drug-likeness (QED) is 0.371. The van der Waals surface area contributed by atoms with Crippen molar-refractivity contribution in [1.82, 2.24) is 10.2 Å². The molecule has 0 aromatic heterocycles. The Balaban J connectivity index is 0.00000432. The number of carbonyl (C=O) groups is 2. The maximum Gasteiger partial charge on any atom is 0.323 e. The van der Waals surface area contributed by atoms with Crippen LogP contribution < -0.4 is 20.9 Å². The molecule has 192 valence electrons. The number of benzene rings is 2. The number of halogens is 3. The van der Waals surface area contributed by atoms with Crippen LogP contribution in [0.15, 0.2) is 48.5 Å². The number of hydrogen-bond acceptors (Lipinski definition) is 5. The number of nitrogens with zero attached hydrogens (tertiary/aromatic N) is 2. The number of carbonyl (C=O) groups excluding carboxylic acids is 2. The number of nitrogens with one attached hydrogen (secondary N) is 3. The van der Waals surface area contributed by atoms with Crippen LogP contribution >= 0.6 is 35.6 Å². The number of morpholine rings is 1. The van der Waals surface area contributed by atoms with E-state index in [0.29, 0.717) is 48.3 Å². The predicted molar refractivity (Wildman–Crippen MR) is 146 cm³/mol. The van der Waals surface area contributed by atoms with Crippen LogP contribution in [0.3, 0.4) is 0 Å². The molecule has 0 spiro atoms. The number of ether oxygens (including phenoxy) is 1. The molecule has 0 aliphatic carbocycles. The zero-order chi connectivity index (χ0) is 24.2. The molecule has 8 nitrogen and oxygen atoms in total. The minimum atomic E-state index is -0.367. The van der Waals surface area contributed by atoms with Crippen LogP contribution in [0.5, 0.6) is 0 Å². The second-order valence-corrected chi connectivity index (χ2v) is 8.53. The molecule has 1 aliphatic rings. The summed E-state index contributed by atoms with van der Waals surface area (Å²) < 4.78 is 5.32. The van der Waals surface area contributed by atoms with Gasteiger partial charge >= 0.3 is 6.03 Å². The van der Waals surface area contributed by atoms with E-state index in [4.69, 9.17) is 27.9 Å². The highest BCUT2D eigenvalue weighted by molar-refractivity contribution is 6.18. The van der Waals surface area contributed by atoms with Crippen LogP contribution in [-0.2, 0) is 4.74 Å². The van der Waals surface area contributed by atoms with Gasteiger partial charge < -0.3 is 25.6 Å². The predicted octanol–water partition coefficient (Wildman–Crippen LogP) is 4.10. The molecule has 3 N–H and O–H groups in total. The van der Waals surface area contributed by atoms with Crippen LogP contribution in [0.4, 0.5) is 21.9 Å². The van der Waals surface area contributed by atoms with Gasteiger partial charge in [-0.1, -0.05) is 0 Å². The first kappa shape index (κ1) is 29.0. The van der Waals surface area contributed by atoms with Crippen LogP contribution in [0.25, 0.3) is 0 Å². The number of amides is 3. The summed E-state index contributed by atoms with van der Waals surface area (Å²) in [6, 6.07) is 13.9. The first-order chi connectivity index (χ1) is 16.6. The Morgan fingerprint density at radius 3 is 1.97 bits per heavy atom. The van der Waals surface area contributed by atoms with E-state index in [1.165, 1.54) is 0 Å². The summed E-state index contributed by atoms with van der Waals surface area (Å²) in [7, 11) is 0. The average molecular weight is 545 g/mol. The smallest absolute Gasteiger partial charge is 0.323 e. The zero-order valence-corrected chi connectivity index (χ0v) is 21.8. The standard InChI is InChI=1S/C24H31Cl2N5O3.ClH/c25-9-12-31(13-10-26)22-7-5-21(6-8-22)29-24(33)28-20-3-1-19(2-4-20)23(32)27-11-14-30-15-17-34-18-16-30;/h1-8H,9-18H2,(H,27,32)(H2,28,29,33);1H. The summed E-state index contributed by atoms with van der Waals surface area (Å²) in [5, 5.41) is 8.51. The van der Waals surface area contributed by atoms with Gasteiger partial charge in [0.1, 0.15) is 0 Å². The van der Waals surface area contributed by atoms with Gasteiger partial charge in [0.15, 0.2) is 0 Å². The van der Waals surface area contributed by atoms with Crippen LogP contribution in [0.1, 0.15) is 10.4 Å². The van der Waals surface area contributed by atoms with Crippen molar-refractivity contribution < 1.29 is 14.3 Å². The summed E-state index contributed by atoms with van der Waals surface area (Å²) in [5.41, 5.74) is 2.79. The lowest BCUT2D eigenvalue weighted by molar-refractivity contribution is 0.0383. The maximum atomic E-state index is 12.4. The normalized spacial score (nSPS) is 13.4. The van der Waals surface area contributed by atoms with E-state index >= 15 is 0 Å². The third-order valence-electron chi connectivity index (χ3n) is 5.42. The summed E-state index contributed by atoms with van der Waals surface area (Å²) in [6.07, 6.45) is 0. The van der Waals surface area contributed by atoms with Crippen molar-refractivity contribution >= 4 is 64.6 Å². The molecule has 0 atom stereocenters. The Bertz CT molecular complexity index is 904. The lowest BCUT2D eigenvalue weighted by atomic mass is 10.2. The highest BCUT2D eigenvalue weighted by atomic mass is 35.5. The van der Waals surface area contributed by atoms with Crippen molar-refractivity contribution in [2.24, 2.45) is 0 Å². The van der Waals surface area contributed by atoms with Crippen molar-refractivity contribution in [3.63, 3.8) is 0 Å². The van der Waals surface area contributed by atoms with E-state index in [2.05, 4.69) is 25.8 Å². The molecule has 1 saturated heterocycles. The number of rotatable bonds is 11. The first-order valence-electron chi connectivity index (χ1n) is 11.3. The fourth-order valence-electron chi connectivity index (χ4n) is 3.58. The molecular formula is C24H32Cl3N5O3. The molecule has 0 unspecified atom stereocenters. The molecule has 3 rings (SSSR count). The van der Waals surface area contributed by atoms with E-state index in [9.17, 15) is 9.59 Å². The SMILES string of the molecule is Cl.O=C(Nc1ccc(C(=O)NCCN2CCOCC2)cc1)Nc1ccc(N(CCCl)CCCl)cc1. The van der Waals surface area contributed by atoms with Crippen molar-refractivity contribution in [2.75, 3.05) is 79.8 Å². The molecule has 2 aromatic carbocycles. The van der Waals surface area contributed by atoms with E-state index in [1.807, 2.05) is 24.3 Å². The molecule has 1 fully saturated rings. The van der Waals surface area contributed by atoms with Crippen LogP contribution in [0.2, 0.25) is 0 Å². The van der Waals surface area contributed by atoms with E-state index in [0.717, 1.165) is 38.5 Å². The van der Waals surface area contributed by atoms with Gasteiger partial charge in [0.2, 0.25) is 0 Å². The monoisotopic (exact) mass is 543 g/mol. The molecule has 2 aromatic rings. The molecular weight excluding hydrogens is 513 g/mol. The lowest BCUT2D eigenvalue weighted by Crippen LogP contribution is -2.41. The second-order valence-electron chi connectivity index (χ2n) is 7.78. The summed E-state index contributed by atoms with van der Waals surface area (Å²) in [4.78, 5) is 29.1. The third kappa shape index (κ3) is 9.74. The molecule has 11 heteroatoms. The Kier molecular flexibility index (Phi) is 13.0. The summed E-state index contributed by atoms with van der Waals surface area (Å²) in [5.74, 6) is 0.879. The molecule has 3 amide bonds. The molecule has 0 saturated carbocycles. The van der Waals surface area contributed by atoms with Gasteiger partial charge in [-0.25, -0.2) is 4.79 Å². The van der Waals surface area contributed by atoms with Crippen LogP contribution in [0, 0.1) is 0 Å². The van der Waals surface area contributed by atoms with E-state index in [-0.39, 0.29) is 24.3 Å². The minimum absolute atomic E-state index is 0. The van der Waals surface area contributed by atoms with Gasteiger partial charge in [0, 0.05) is 73.7 Å². The van der Waals surface area contributed by atoms with Crippen LogP contribution in [-0.4, -0.2) is 81.1 Å². The summed E-state index contributed by atoms with van der Waals surface area (Å²) >= 11 is 11.7. The number of hydrogen-bond donors (Lipinski definition) is 3. The van der Waals surface area contributed by atoms with Gasteiger partial charge in [0.05, 0.1) is 13.2 Å². The largest absolute Gasteiger partial charge is 0.379 e. The van der Waals surface area contributed by atoms with E-state index < -0.39 is 0 Å². The van der Waals surface area contributed by atoms with Crippen molar-refractivity contribution in [2.45, 2.75) is 0 Å². The Morgan fingerprint density at radius 2 is 1.43 bits per heavy atom. The highest BCUT2D eigenvalue weighted by Crippen LogP contribution is 2.19. The molecule has 0 radical (unpaired) electrons. The first-order valence-corrected chi connectivity index (χ1v) is 12.4. The summed E-state index contributed by atoms with van der Waals surface area (Å²) in [6.45, 7) is 6.04. The van der Waals surface area contributed by atoms with Crippen molar-refractivity contribution in [3.05, 3.63) is 54.1 Å². The fraction of sp³-hybridized carbons (Fsp3) is 0.417. The van der Waals surface area contributed by atoms with Crippen molar-refractivity contribution in [3.8, 4) is 0 Å². The Morgan fingerprint density at radius 1 is 0.886 bits per heavy atom. The van der Waals surface area contributed by atoms with Gasteiger partial charge in [-0.2, -0.15) is 0 Å². The fourth-order valence-corrected chi connectivity index (χ4v) is 3.99. The van der Waals surface area contributed by atoms with Gasteiger partial charge in [-0.15, -0.1) is 35.6 Å². The number of alkyl halides is 2. The highest BCUT2D eigenvalue weighted by Gasteiger charge is 2.11. The van der Waals surface area contributed by atoms with Crippen molar-refractivity contribution in [1.29, 1.82) is 0 Å². The zero-order valence-electron chi connectivity index (χ0n) is 19.5. The second kappa shape index (κ2) is 15.7. The molecule has 1 aliphatic heterocycles. The van der Waals surface area contributed by atoms with Gasteiger partial charge in [-0.3, -0.25) is 9.69 Å². The van der Waals surface area contributed by atoms with E-state index in [1.54, 1.807) is 24.3 Å². The minimum Gasteiger partial charge on any atom is -0.379 e. The third-order valence-corrected chi connectivity index (χ3v) is 5.76. The topological polar surface area (TPSA) is 85.9 Å².